The van der Waals surface area contributed by atoms with Crippen molar-refractivity contribution in [3.05, 3.63) is 0 Å². The molecule has 0 spiro atoms. The second-order valence-corrected chi connectivity index (χ2v) is 8.88. The Labute approximate surface area is 125 Å². The first-order chi connectivity index (χ1) is 9.52. The van der Waals surface area contributed by atoms with Crippen LogP contribution in [0.25, 0.3) is 0 Å². The van der Waals surface area contributed by atoms with Crippen molar-refractivity contribution in [1.82, 2.24) is 13.3 Å². The predicted molar refractivity (Wildman–Crippen MR) is 76.4 cm³/mol. The van der Waals surface area contributed by atoms with E-state index in [1.54, 1.807) is 0 Å². The van der Waals surface area contributed by atoms with Crippen LogP contribution < -0.4 is 4.72 Å². The van der Waals surface area contributed by atoms with Gasteiger partial charge in [0.1, 0.15) is 0 Å². The maximum absolute atomic E-state index is 12.3. The molecule has 1 saturated heterocycles. The molecule has 1 rings (SSSR count). The van der Waals surface area contributed by atoms with Crippen molar-refractivity contribution in [2.45, 2.75) is 25.3 Å². The second-order valence-electron chi connectivity index (χ2n) is 5.06. The second kappa shape index (κ2) is 7.01. The Kier molecular flexibility index (Phi) is 6.11. The van der Waals surface area contributed by atoms with E-state index in [2.05, 4.69) is 4.72 Å². The van der Waals surface area contributed by atoms with Crippen molar-refractivity contribution in [1.29, 1.82) is 0 Å². The molecular formula is C10H21N3O6S2. The third kappa shape index (κ3) is 5.87. The SMILES string of the molecule is CN(CCC(=O)O)S(=O)(=O)N1CCCC(NS(C)(=O)=O)C1. The summed E-state index contributed by atoms with van der Waals surface area (Å²) in [5, 5.41) is 8.60. The maximum atomic E-state index is 12.3. The minimum Gasteiger partial charge on any atom is -0.481 e. The van der Waals surface area contributed by atoms with Gasteiger partial charge in [0, 0.05) is 32.7 Å². The number of carboxylic acids is 1. The third-order valence-electron chi connectivity index (χ3n) is 3.13. The summed E-state index contributed by atoms with van der Waals surface area (Å²) in [7, 11) is -5.86. The summed E-state index contributed by atoms with van der Waals surface area (Å²) in [4.78, 5) is 10.5. The Bertz CT molecular complexity index is 574. The summed E-state index contributed by atoms with van der Waals surface area (Å²) >= 11 is 0. The van der Waals surface area contributed by atoms with E-state index in [9.17, 15) is 21.6 Å². The van der Waals surface area contributed by atoms with Crippen molar-refractivity contribution in [3.63, 3.8) is 0 Å². The van der Waals surface area contributed by atoms with E-state index in [0.717, 1.165) is 10.6 Å². The van der Waals surface area contributed by atoms with Crippen LogP contribution in [0.15, 0.2) is 0 Å². The van der Waals surface area contributed by atoms with Gasteiger partial charge in [-0.3, -0.25) is 4.79 Å². The highest BCUT2D eigenvalue weighted by Crippen LogP contribution is 2.16. The largest absolute Gasteiger partial charge is 0.481 e. The molecule has 2 N–H and O–H groups in total. The number of aliphatic carboxylic acids is 1. The van der Waals surface area contributed by atoms with E-state index < -0.39 is 32.2 Å². The Hall–Kier alpha value is -0.750. The van der Waals surface area contributed by atoms with Crippen LogP contribution in [0.4, 0.5) is 0 Å². The lowest BCUT2D eigenvalue weighted by Crippen LogP contribution is -2.52. The van der Waals surface area contributed by atoms with Crippen LogP contribution in [0, 0.1) is 0 Å². The smallest absolute Gasteiger partial charge is 0.304 e. The Morgan fingerprint density at radius 3 is 2.52 bits per heavy atom. The van der Waals surface area contributed by atoms with Gasteiger partial charge in [-0.05, 0) is 12.8 Å². The van der Waals surface area contributed by atoms with Crippen LogP contribution in [-0.4, -0.2) is 75.5 Å². The zero-order valence-electron chi connectivity index (χ0n) is 12.0. The first kappa shape index (κ1) is 18.3. The molecule has 0 bridgehead atoms. The van der Waals surface area contributed by atoms with E-state index in [4.69, 9.17) is 5.11 Å². The van der Waals surface area contributed by atoms with Gasteiger partial charge in [0.2, 0.25) is 10.0 Å². The quantitative estimate of drug-likeness (QED) is 0.589. The summed E-state index contributed by atoms with van der Waals surface area (Å²) in [6.07, 6.45) is 1.85. The lowest BCUT2D eigenvalue weighted by Gasteiger charge is -2.34. The van der Waals surface area contributed by atoms with Gasteiger partial charge < -0.3 is 5.11 Å². The van der Waals surface area contributed by atoms with Gasteiger partial charge in [-0.1, -0.05) is 0 Å². The molecule has 1 aliphatic rings. The van der Waals surface area contributed by atoms with Gasteiger partial charge in [0.25, 0.3) is 10.2 Å². The minimum atomic E-state index is -3.78. The van der Waals surface area contributed by atoms with E-state index in [0.29, 0.717) is 19.4 Å². The maximum Gasteiger partial charge on any atom is 0.304 e. The van der Waals surface area contributed by atoms with E-state index in [1.165, 1.54) is 11.4 Å². The normalized spacial score (nSPS) is 21.6. The summed E-state index contributed by atoms with van der Waals surface area (Å²) in [6.45, 7) is 0.215. The number of carboxylic acid groups (broad SMARTS) is 1. The zero-order chi connectivity index (χ0) is 16.3. The summed E-state index contributed by atoms with van der Waals surface area (Å²) in [5.41, 5.74) is 0. The number of nitrogens with one attached hydrogen (secondary N) is 1. The molecule has 1 atom stereocenters. The molecule has 0 aromatic rings. The molecule has 1 unspecified atom stereocenters. The highest BCUT2D eigenvalue weighted by atomic mass is 32.2. The Morgan fingerprint density at radius 2 is 2.00 bits per heavy atom. The van der Waals surface area contributed by atoms with Crippen LogP contribution in [0.3, 0.4) is 0 Å². The molecular weight excluding hydrogens is 322 g/mol. The number of carbonyl (C=O) groups is 1. The van der Waals surface area contributed by atoms with Crippen molar-refractivity contribution in [2.24, 2.45) is 0 Å². The summed E-state index contributed by atoms with van der Waals surface area (Å²) in [6, 6.07) is -0.462. The van der Waals surface area contributed by atoms with Crippen molar-refractivity contribution in [2.75, 3.05) is 32.9 Å². The van der Waals surface area contributed by atoms with Crippen molar-refractivity contribution < 1.29 is 26.7 Å². The average Bonchev–Trinajstić information content (AvgIpc) is 2.34. The van der Waals surface area contributed by atoms with E-state index in [-0.39, 0.29) is 19.5 Å². The van der Waals surface area contributed by atoms with Crippen LogP contribution in [0.5, 0.6) is 0 Å². The molecule has 11 heteroatoms. The van der Waals surface area contributed by atoms with Gasteiger partial charge in [0.05, 0.1) is 12.7 Å². The molecule has 0 saturated carbocycles. The zero-order valence-corrected chi connectivity index (χ0v) is 13.7. The topological polar surface area (TPSA) is 124 Å². The molecule has 0 aromatic carbocycles. The fourth-order valence-electron chi connectivity index (χ4n) is 2.12. The number of piperidine rings is 1. The van der Waals surface area contributed by atoms with Gasteiger partial charge >= 0.3 is 5.97 Å². The van der Waals surface area contributed by atoms with E-state index >= 15 is 0 Å². The van der Waals surface area contributed by atoms with Crippen LogP contribution in [-0.2, 0) is 25.0 Å². The Balaban J connectivity index is 2.71. The molecule has 21 heavy (non-hydrogen) atoms. The molecule has 124 valence electrons. The number of rotatable bonds is 7. The highest BCUT2D eigenvalue weighted by molar-refractivity contribution is 7.88. The fraction of sp³-hybridized carbons (Fsp3) is 0.900. The van der Waals surface area contributed by atoms with Crippen LogP contribution >= 0.6 is 0 Å². The first-order valence-corrected chi connectivity index (χ1v) is 9.71. The van der Waals surface area contributed by atoms with E-state index in [1.807, 2.05) is 0 Å². The standard InChI is InChI=1S/C10H21N3O6S2/c1-12(7-5-10(14)15)21(18,19)13-6-3-4-9(8-13)11-20(2,16)17/h9,11H,3-8H2,1-2H3,(H,14,15). The molecule has 0 amide bonds. The number of nitrogens with zero attached hydrogens (tertiary/aromatic N) is 2. The van der Waals surface area contributed by atoms with Crippen LogP contribution in [0.1, 0.15) is 19.3 Å². The molecule has 0 aliphatic carbocycles. The molecule has 1 aliphatic heterocycles. The summed E-state index contributed by atoms with van der Waals surface area (Å²) in [5.74, 6) is -1.08. The van der Waals surface area contributed by atoms with Gasteiger partial charge in [-0.25, -0.2) is 13.1 Å². The average molecular weight is 343 g/mol. The first-order valence-electron chi connectivity index (χ1n) is 6.43. The Morgan fingerprint density at radius 1 is 1.38 bits per heavy atom. The fourth-order valence-corrected chi connectivity index (χ4v) is 4.36. The lowest BCUT2D eigenvalue weighted by atomic mass is 10.1. The lowest BCUT2D eigenvalue weighted by molar-refractivity contribution is -0.137. The van der Waals surface area contributed by atoms with Gasteiger partial charge in [-0.2, -0.15) is 17.0 Å². The number of hydrogen-bond donors (Lipinski definition) is 2. The third-order valence-corrected chi connectivity index (χ3v) is 5.84. The summed E-state index contributed by atoms with van der Waals surface area (Å²) < 4.78 is 51.6. The number of sulfonamides is 1. The predicted octanol–water partition coefficient (Wildman–Crippen LogP) is -1.35. The van der Waals surface area contributed by atoms with Crippen LogP contribution in [0.2, 0.25) is 0 Å². The van der Waals surface area contributed by atoms with Gasteiger partial charge in [0.15, 0.2) is 0 Å². The molecule has 9 nitrogen and oxygen atoms in total. The monoisotopic (exact) mass is 343 g/mol. The molecule has 0 aromatic heterocycles. The highest BCUT2D eigenvalue weighted by Gasteiger charge is 2.32. The molecule has 0 radical (unpaired) electrons. The minimum absolute atomic E-state index is 0.0484. The van der Waals surface area contributed by atoms with Crippen molar-refractivity contribution in [3.8, 4) is 0 Å². The van der Waals surface area contributed by atoms with Gasteiger partial charge in [-0.15, -0.1) is 0 Å². The molecule has 1 fully saturated rings. The van der Waals surface area contributed by atoms with Crippen molar-refractivity contribution >= 4 is 26.2 Å². The molecule has 1 heterocycles. The number of hydrogen-bond acceptors (Lipinski definition) is 5.